The molecule has 0 unspecified atom stereocenters. The number of halogens is 2. The van der Waals surface area contributed by atoms with Crippen LogP contribution in [0.5, 0.6) is 0 Å². The van der Waals surface area contributed by atoms with Crippen LogP contribution in [0.1, 0.15) is 66.8 Å². The summed E-state index contributed by atoms with van der Waals surface area (Å²) < 4.78 is 15.0. The standard InChI is InChI=1S/C28H29ClFN5O2/c1-18-14-20(9-8-19-6-5-7-21(30)15-19)16-31-25(18)33-26(36)24-23(29)17-32-35(24)22-10-12-34(13-11-22)27(37)28(2,3)4/h5-7,14-17,22H,10-13H2,1-4H3,(H,31,33,36). The van der Waals surface area contributed by atoms with Gasteiger partial charge in [-0.2, -0.15) is 5.10 Å². The number of hydrogen-bond donors (Lipinski definition) is 1. The summed E-state index contributed by atoms with van der Waals surface area (Å²) in [5.41, 5.74) is 1.75. The molecule has 1 N–H and O–H groups in total. The number of rotatable bonds is 3. The van der Waals surface area contributed by atoms with Crippen molar-refractivity contribution in [3.05, 3.63) is 75.9 Å². The third-order valence-corrected chi connectivity index (χ3v) is 6.47. The lowest BCUT2D eigenvalue weighted by Crippen LogP contribution is -2.44. The number of pyridine rings is 1. The van der Waals surface area contributed by atoms with Crippen molar-refractivity contribution in [1.29, 1.82) is 0 Å². The minimum absolute atomic E-state index is 0.0493. The van der Waals surface area contributed by atoms with E-state index in [4.69, 9.17) is 11.6 Å². The van der Waals surface area contributed by atoms with Crippen LogP contribution in [0.2, 0.25) is 5.02 Å². The largest absolute Gasteiger partial charge is 0.342 e. The van der Waals surface area contributed by atoms with Crippen LogP contribution in [0.4, 0.5) is 10.2 Å². The predicted octanol–water partition coefficient (Wildman–Crippen LogP) is 5.24. The maximum absolute atomic E-state index is 13.4. The molecule has 0 radical (unpaired) electrons. The maximum atomic E-state index is 13.4. The van der Waals surface area contributed by atoms with E-state index in [0.29, 0.717) is 42.9 Å². The monoisotopic (exact) mass is 521 g/mol. The summed E-state index contributed by atoms with van der Waals surface area (Å²) in [6.45, 7) is 8.75. The predicted molar refractivity (Wildman–Crippen MR) is 141 cm³/mol. The highest BCUT2D eigenvalue weighted by Gasteiger charge is 2.32. The quantitative estimate of drug-likeness (QED) is 0.478. The molecule has 3 heterocycles. The van der Waals surface area contributed by atoms with Crippen molar-refractivity contribution < 1.29 is 14.0 Å². The minimum Gasteiger partial charge on any atom is -0.342 e. The number of piperidine rings is 1. The summed E-state index contributed by atoms with van der Waals surface area (Å²) in [5, 5.41) is 7.45. The molecule has 0 saturated carbocycles. The van der Waals surface area contributed by atoms with Gasteiger partial charge >= 0.3 is 0 Å². The summed E-state index contributed by atoms with van der Waals surface area (Å²) in [6.07, 6.45) is 4.37. The number of carbonyl (C=O) groups excluding carboxylic acids is 2. The third-order valence-electron chi connectivity index (χ3n) is 6.19. The highest BCUT2D eigenvalue weighted by Crippen LogP contribution is 2.29. The molecule has 37 heavy (non-hydrogen) atoms. The van der Waals surface area contributed by atoms with Crippen molar-refractivity contribution >= 4 is 29.2 Å². The number of nitrogens with one attached hydrogen (secondary N) is 1. The number of amides is 2. The Hall–Kier alpha value is -3.70. The molecule has 1 aliphatic heterocycles. The Labute approximate surface area is 221 Å². The van der Waals surface area contributed by atoms with Gasteiger partial charge in [-0.25, -0.2) is 9.37 Å². The summed E-state index contributed by atoms with van der Waals surface area (Å²) >= 11 is 6.37. The van der Waals surface area contributed by atoms with Crippen LogP contribution in [0, 0.1) is 30.0 Å². The van der Waals surface area contributed by atoms with Gasteiger partial charge in [0.1, 0.15) is 17.3 Å². The van der Waals surface area contributed by atoms with Crippen molar-refractivity contribution in [2.45, 2.75) is 46.6 Å². The Morgan fingerprint density at radius 3 is 2.46 bits per heavy atom. The Kier molecular flexibility index (Phi) is 7.65. The second-order valence-electron chi connectivity index (χ2n) is 10.2. The zero-order valence-corrected chi connectivity index (χ0v) is 22.1. The van der Waals surface area contributed by atoms with Gasteiger partial charge < -0.3 is 10.2 Å². The number of anilines is 1. The van der Waals surface area contributed by atoms with Crippen LogP contribution in [-0.4, -0.2) is 44.6 Å². The van der Waals surface area contributed by atoms with Gasteiger partial charge in [0.2, 0.25) is 5.91 Å². The van der Waals surface area contributed by atoms with E-state index in [1.165, 1.54) is 18.3 Å². The van der Waals surface area contributed by atoms with Crippen LogP contribution in [0.3, 0.4) is 0 Å². The Bertz CT molecular complexity index is 1390. The van der Waals surface area contributed by atoms with Crippen molar-refractivity contribution in [3.8, 4) is 11.8 Å². The summed E-state index contributed by atoms with van der Waals surface area (Å²) in [7, 11) is 0. The van der Waals surface area contributed by atoms with Crippen LogP contribution >= 0.6 is 11.6 Å². The molecule has 1 fully saturated rings. The molecule has 2 aromatic heterocycles. The highest BCUT2D eigenvalue weighted by molar-refractivity contribution is 6.34. The zero-order chi connectivity index (χ0) is 26.7. The number of carbonyl (C=O) groups is 2. The van der Waals surface area contributed by atoms with E-state index in [1.807, 2.05) is 32.6 Å². The molecule has 1 aliphatic rings. The molecule has 7 nitrogen and oxygen atoms in total. The second kappa shape index (κ2) is 10.7. The van der Waals surface area contributed by atoms with E-state index in [-0.39, 0.29) is 28.5 Å². The van der Waals surface area contributed by atoms with Gasteiger partial charge in [-0.3, -0.25) is 14.3 Å². The van der Waals surface area contributed by atoms with Gasteiger partial charge in [-0.15, -0.1) is 0 Å². The van der Waals surface area contributed by atoms with Gasteiger partial charge in [-0.05, 0) is 49.6 Å². The lowest BCUT2D eigenvalue weighted by molar-refractivity contribution is -0.140. The van der Waals surface area contributed by atoms with Crippen LogP contribution in [-0.2, 0) is 4.79 Å². The second-order valence-corrected chi connectivity index (χ2v) is 10.6. The van der Waals surface area contributed by atoms with E-state index in [9.17, 15) is 14.0 Å². The van der Waals surface area contributed by atoms with Gasteiger partial charge in [0.15, 0.2) is 0 Å². The minimum atomic E-state index is -0.432. The molecule has 192 valence electrons. The maximum Gasteiger partial charge on any atom is 0.276 e. The number of aryl methyl sites for hydroxylation is 1. The molecular formula is C28H29ClFN5O2. The highest BCUT2D eigenvalue weighted by atomic mass is 35.5. The first-order valence-electron chi connectivity index (χ1n) is 12.1. The van der Waals surface area contributed by atoms with Gasteiger partial charge in [0.05, 0.1) is 17.3 Å². The first-order valence-corrected chi connectivity index (χ1v) is 12.5. The lowest BCUT2D eigenvalue weighted by Gasteiger charge is -2.36. The van der Waals surface area contributed by atoms with E-state index in [1.54, 1.807) is 29.1 Å². The molecule has 1 saturated heterocycles. The Morgan fingerprint density at radius 1 is 1.11 bits per heavy atom. The average Bonchev–Trinajstić information content (AvgIpc) is 3.24. The fourth-order valence-electron chi connectivity index (χ4n) is 4.27. The molecule has 4 rings (SSSR count). The first kappa shape index (κ1) is 26.4. The Morgan fingerprint density at radius 2 is 1.81 bits per heavy atom. The molecule has 0 aliphatic carbocycles. The van der Waals surface area contributed by atoms with Gasteiger partial charge in [0, 0.05) is 35.8 Å². The zero-order valence-electron chi connectivity index (χ0n) is 21.3. The smallest absolute Gasteiger partial charge is 0.276 e. The molecule has 2 amide bonds. The normalized spacial score (nSPS) is 14.2. The molecule has 3 aromatic rings. The first-order chi connectivity index (χ1) is 17.5. The van der Waals surface area contributed by atoms with Crippen molar-refractivity contribution in [2.24, 2.45) is 5.41 Å². The summed E-state index contributed by atoms with van der Waals surface area (Å²) in [4.78, 5) is 32.1. The molecule has 0 atom stereocenters. The van der Waals surface area contributed by atoms with E-state index < -0.39 is 11.3 Å². The van der Waals surface area contributed by atoms with Crippen LogP contribution in [0.15, 0.2) is 42.7 Å². The molecule has 1 aromatic carbocycles. The number of hydrogen-bond acceptors (Lipinski definition) is 4. The number of benzene rings is 1. The van der Waals surface area contributed by atoms with Crippen molar-refractivity contribution in [3.63, 3.8) is 0 Å². The van der Waals surface area contributed by atoms with E-state index >= 15 is 0 Å². The number of nitrogens with zero attached hydrogens (tertiary/aromatic N) is 4. The topological polar surface area (TPSA) is 80.1 Å². The fourth-order valence-corrected chi connectivity index (χ4v) is 4.49. The van der Waals surface area contributed by atoms with E-state index in [0.717, 1.165) is 5.56 Å². The van der Waals surface area contributed by atoms with E-state index in [2.05, 4.69) is 27.2 Å². The number of aromatic nitrogens is 3. The lowest BCUT2D eigenvalue weighted by atomic mass is 9.93. The van der Waals surface area contributed by atoms with Gasteiger partial charge in [-0.1, -0.05) is 50.3 Å². The van der Waals surface area contributed by atoms with Crippen molar-refractivity contribution in [1.82, 2.24) is 19.7 Å². The molecule has 0 spiro atoms. The SMILES string of the molecule is Cc1cc(C#Cc2cccc(F)c2)cnc1NC(=O)c1c(Cl)cnn1C1CCN(C(=O)C(C)(C)C)CC1. The van der Waals surface area contributed by atoms with Gasteiger partial charge in [0.25, 0.3) is 5.91 Å². The van der Waals surface area contributed by atoms with Crippen LogP contribution < -0.4 is 5.32 Å². The summed E-state index contributed by atoms with van der Waals surface area (Å²) in [6, 6.07) is 7.81. The molecular weight excluding hydrogens is 493 g/mol. The molecule has 0 bridgehead atoms. The summed E-state index contributed by atoms with van der Waals surface area (Å²) in [5.74, 6) is 5.62. The van der Waals surface area contributed by atoms with Crippen molar-refractivity contribution in [2.75, 3.05) is 18.4 Å². The third kappa shape index (κ3) is 6.17. The average molecular weight is 522 g/mol. The molecule has 9 heteroatoms. The Balaban J connectivity index is 1.46. The van der Waals surface area contributed by atoms with Crippen LogP contribution in [0.25, 0.3) is 0 Å². The fraction of sp³-hybridized carbons (Fsp3) is 0.357. The number of likely N-dealkylation sites (tertiary alicyclic amines) is 1.